The molecule has 24 heteroatoms. The Balaban J connectivity index is 1.19. The van der Waals surface area contributed by atoms with Crippen LogP contribution >= 0.6 is 34.9 Å². The number of amides is 7. The van der Waals surface area contributed by atoms with Gasteiger partial charge in [0.1, 0.15) is 28.9 Å². The summed E-state index contributed by atoms with van der Waals surface area (Å²) < 4.78 is 5.69. The van der Waals surface area contributed by atoms with Crippen LogP contribution in [0.3, 0.4) is 0 Å². The molecule has 52 heavy (non-hydrogen) atoms. The lowest BCUT2D eigenvalue weighted by atomic mass is 9.92. The molecule has 0 saturated carbocycles. The molecule has 7 amide bonds. The van der Waals surface area contributed by atoms with E-state index in [9.17, 15) is 33.9 Å². The monoisotopic (exact) mass is 769 g/mol. The Kier molecular flexibility index (Phi) is 8.97. The predicted molar refractivity (Wildman–Crippen MR) is 185 cm³/mol. The number of nitrogens with one attached hydrogen (secondary N) is 4. The Bertz CT molecular complexity index is 2110. The Hall–Kier alpha value is -5.72. The van der Waals surface area contributed by atoms with Gasteiger partial charge in [0.05, 0.1) is 30.4 Å². The molecular weight excluding hydrogens is 743 g/mol. The standard InChI is InChI=1S/C28H27N13O8S3/c29-23-33-16-2-1-14(7-17(16)34-23)27(30,36-24(47)39-4-5-40(26(39)48)38-15-3-6-49-8-15)20(45)35-28(31-11-42)21(46)41-18(19(43)44)13(9-50-22(28)41)10-51-25-37-32-12-52-25/h1-3,6-7,11-12,22H,4-5,8-10,30H2,(H,31,42)(H,35,45)(H,36,47)(H,43,44)(H3,29,33,34)/t22-,27?,28+/m0/s1. The molecule has 3 aromatic rings. The van der Waals surface area contributed by atoms with Gasteiger partial charge in [0.15, 0.2) is 16.0 Å². The molecule has 1 unspecified atom stereocenters. The normalized spacial score (nSPS) is 23.0. The number of rotatable bonds is 11. The van der Waals surface area contributed by atoms with E-state index in [1.54, 1.807) is 6.08 Å². The molecule has 9 N–H and O–H groups in total. The highest BCUT2D eigenvalue weighted by Gasteiger charge is 2.67. The topological polar surface area (TPSA) is 297 Å². The highest BCUT2D eigenvalue weighted by Crippen LogP contribution is 2.46. The Morgan fingerprint density at radius 2 is 2.12 bits per heavy atom. The summed E-state index contributed by atoms with van der Waals surface area (Å²) in [4.78, 5) is 88.5. The van der Waals surface area contributed by atoms with Crippen molar-refractivity contribution in [2.45, 2.75) is 21.0 Å². The number of thioether (sulfide) groups is 2. The predicted octanol–water partition coefficient (Wildman–Crippen LogP) is -0.940. The maximum atomic E-state index is 14.4. The number of hydrogen-bond donors (Lipinski definition) is 7. The number of nitrogens with zero attached hydrogens (tertiary/aromatic N) is 7. The van der Waals surface area contributed by atoms with E-state index in [0.29, 0.717) is 21.1 Å². The van der Waals surface area contributed by atoms with E-state index in [1.807, 2.05) is 0 Å². The summed E-state index contributed by atoms with van der Waals surface area (Å²) in [6, 6.07) is 2.39. The fourth-order valence-corrected chi connectivity index (χ4v) is 8.91. The van der Waals surface area contributed by atoms with Crippen LogP contribution in [0.1, 0.15) is 5.56 Å². The first-order valence-electron chi connectivity index (χ1n) is 15.1. The summed E-state index contributed by atoms with van der Waals surface area (Å²) >= 11 is 3.60. The van der Waals surface area contributed by atoms with Crippen LogP contribution in [0.15, 0.2) is 56.8 Å². The molecule has 2 saturated heterocycles. The minimum atomic E-state index is -2.52. The highest BCUT2D eigenvalue weighted by molar-refractivity contribution is 8.01. The van der Waals surface area contributed by atoms with Crippen LogP contribution in [0, 0.1) is 0 Å². The van der Waals surface area contributed by atoms with Crippen LogP contribution in [0.2, 0.25) is 0 Å². The number of hydrazone groups is 1. The quantitative estimate of drug-likeness (QED) is 0.0536. The van der Waals surface area contributed by atoms with Crippen LogP contribution in [-0.4, -0.2) is 124 Å². The summed E-state index contributed by atoms with van der Waals surface area (Å²) in [5.41, 5.74) is 10.6. The number of carbonyl (C=O) groups is 6. The van der Waals surface area contributed by atoms with Crippen molar-refractivity contribution >= 4 is 93.8 Å². The number of aromatic nitrogens is 4. The lowest BCUT2D eigenvalue weighted by Gasteiger charge is -2.57. The van der Waals surface area contributed by atoms with Gasteiger partial charge in [0, 0.05) is 17.1 Å². The first-order valence-corrected chi connectivity index (χ1v) is 18.0. The molecule has 7 rings (SSSR count). The molecule has 4 aliphatic rings. The summed E-state index contributed by atoms with van der Waals surface area (Å²) in [5.74, 6) is -3.20. The number of β-lactam (4-membered cyclic amide) rings is 1. The number of urea groups is 2. The molecule has 0 spiro atoms. The number of carbonyl (C=O) groups excluding carboxylic acids is 5. The third-order valence-corrected chi connectivity index (χ3v) is 11.7. The Morgan fingerprint density at radius 1 is 1.29 bits per heavy atom. The molecule has 270 valence electrons. The van der Waals surface area contributed by atoms with Gasteiger partial charge in [-0.2, -0.15) is 5.10 Å². The largest absolute Gasteiger partial charge is 0.495 e. The molecule has 2 aromatic heterocycles. The van der Waals surface area contributed by atoms with Gasteiger partial charge < -0.3 is 36.5 Å². The maximum absolute atomic E-state index is 14.4. The summed E-state index contributed by atoms with van der Waals surface area (Å²) in [6.45, 7) is 0.0517. The van der Waals surface area contributed by atoms with Gasteiger partial charge in [0.25, 0.3) is 11.8 Å². The smallest absolute Gasteiger partial charge is 0.352 e. The Labute approximate surface area is 304 Å². The van der Waals surface area contributed by atoms with E-state index in [1.165, 1.54) is 53.1 Å². The summed E-state index contributed by atoms with van der Waals surface area (Å²) in [5, 5.41) is 29.2. The van der Waals surface area contributed by atoms with Crippen molar-refractivity contribution in [3.8, 4) is 0 Å². The third-order valence-electron chi connectivity index (χ3n) is 8.35. The molecule has 1 aromatic carbocycles. The minimum Gasteiger partial charge on any atom is -0.495 e. The zero-order valence-corrected chi connectivity index (χ0v) is 28.9. The zero-order valence-electron chi connectivity index (χ0n) is 26.5. The molecule has 3 atom stereocenters. The van der Waals surface area contributed by atoms with Gasteiger partial charge in [-0.25, -0.2) is 29.3 Å². The van der Waals surface area contributed by atoms with E-state index in [0.717, 1.165) is 26.6 Å². The van der Waals surface area contributed by atoms with Gasteiger partial charge in [-0.1, -0.05) is 29.2 Å². The molecular formula is C28H27N13O8S3. The van der Waals surface area contributed by atoms with Crippen molar-refractivity contribution in [2.24, 2.45) is 10.8 Å². The van der Waals surface area contributed by atoms with Gasteiger partial charge in [0.2, 0.25) is 12.1 Å². The highest BCUT2D eigenvalue weighted by atomic mass is 32.2. The number of benzene rings is 1. The molecule has 0 bridgehead atoms. The summed E-state index contributed by atoms with van der Waals surface area (Å²) in [7, 11) is 0. The number of nitrogens with two attached hydrogens (primary N) is 2. The minimum absolute atomic E-state index is 0.0299. The lowest BCUT2D eigenvalue weighted by molar-refractivity contribution is -0.163. The first-order chi connectivity index (χ1) is 24.9. The maximum Gasteiger partial charge on any atom is 0.352 e. The number of H-pyrrole nitrogens is 1. The van der Waals surface area contributed by atoms with Crippen molar-refractivity contribution in [1.82, 2.24) is 50.9 Å². The SMILES string of the molecule is Nc1nc2cc(C(N)(NC(=O)N3CCN(N=C4C=COC4)C3=O)C(=O)N[C@]3(NC=O)C(=O)N4C(C(=O)O)=C(CSc5nncs5)CS[C@H]43)ccc2[nH]1. The van der Waals surface area contributed by atoms with E-state index in [-0.39, 0.29) is 60.3 Å². The number of imide groups is 1. The fourth-order valence-electron chi connectivity index (χ4n) is 5.86. The van der Waals surface area contributed by atoms with Gasteiger partial charge >= 0.3 is 18.0 Å². The number of carboxylic acids is 1. The molecule has 2 fully saturated rings. The van der Waals surface area contributed by atoms with Crippen LogP contribution < -0.4 is 27.4 Å². The number of fused-ring (bicyclic) bond motifs is 2. The van der Waals surface area contributed by atoms with Crippen molar-refractivity contribution in [3.63, 3.8) is 0 Å². The summed E-state index contributed by atoms with van der Waals surface area (Å²) in [6.07, 6.45) is 3.16. The third kappa shape index (κ3) is 5.93. The zero-order chi connectivity index (χ0) is 36.8. The van der Waals surface area contributed by atoms with Gasteiger partial charge in [-0.05, 0) is 23.8 Å². The van der Waals surface area contributed by atoms with Crippen LogP contribution in [0.25, 0.3) is 11.0 Å². The number of aliphatic carboxylic acids is 1. The van der Waals surface area contributed by atoms with Gasteiger partial charge in [-0.3, -0.25) is 25.0 Å². The van der Waals surface area contributed by atoms with Crippen molar-refractivity contribution in [2.75, 3.05) is 36.9 Å². The number of nitrogen functional groups attached to an aromatic ring is 1. The number of imidazole rings is 1. The molecule has 0 aliphatic carbocycles. The molecule has 4 aliphatic heterocycles. The average molecular weight is 770 g/mol. The molecule has 21 nitrogen and oxygen atoms in total. The van der Waals surface area contributed by atoms with E-state index in [4.69, 9.17) is 16.2 Å². The Morgan fingerprint density at radius 3 is 2.83 bits per heavy atom. The molecule has 6 heterocycles. The van der Waals surface area contributed by atoms with Crippen LogP contribution in [-0.2, 0) is 29.6 Å². The number of carboxylic acid groups (broad SMARTS) is 1. The second kappa shape index (κ2) is 13.4. The average Bonchev–Trinajstić information content (AvgIpc) is 3.95. The van der Waals surface area contributed by atoms with Crippen molar-refractivity contribution in [3.05, 3.63) is 52.9 Å². The number of anilines is 1. The van der Waals surface area contributed by atoms with Crippen LogP contribution in [0.5, 0.6) is 0 Å². The lowest BCUT2D eigenvalue weighted by Crippen LogP contribution is -2.86. The number of hydrogen-bond acceptors (Lipinski definition) is 16. The van der Waals surface area contributed by atoms with E-state index in [2.05, 4.69) is 41.2 Å². The number of ether oxygens (including phenoxy) is 1. The van der Waals surface area contributed by atoms with Crippen molar-refractivity contribution in [1.29, 1.82) is 0 Å². The van der Waals surface area contributed by atoms with E-state index < -0.39 is 46.5 Å². The first kappa shape index (κ1) is 34.7. The second-order valence-corrected chi connectivity index (χ2v) is 14.6. The van der Waals surface area contributed by atoms with E-state index >= 15 is 0 Å². The fraction of sp³-hybridized carbons (Fsp3) is 0.286. The second-order valence-electron chi connectivity index (χ2n) is 11.5. The number of aromatic amines is 1. The molecule has 0 radical (unpaired) electrons. The van der Waals surface area contributed by atoms with Crippen molar-refractivity contribution < 1.29 is 38.6 Å². The van der Waals surface area contributed by atoms with Gasteiger partial charge in [-0.15, -0.1) is 22.0 Å². The van der Waals surface area contributed by atoms with Crippen LogP contribution in [0.4, 0.5) is 15.5 Å².